The summed E-state index contributed by atoms with van der Waals surface area (Å²) in [7, 11) is 0. The minimum absolute atomic E-state index is 0.585. The van der Waals surface area contributed by atoms with Gasteiger partial charge in [0, 0.05) is 18.3 Å². The summed E-state index contributed by atoms with van der Waals surface area (Å²) < 4.78 is 1.40. The molecule has 15 heavy (non-hydrogen) atoms. The summed E-state index contributed by atoms with van der Waals surface area (Å²) in [6.45, 7) is 16.4. The molecule has 0 amide bonds. The number of hydrogen-bond donors (Lipinski definition) is 0. The number of rotatable bonds is 2. The van der Waals surface area contributed by atoms with Crippen LogP contribution in [0.25, 0.3) is 0 Å². The zero-order chi connectivity index (χ0) is 11.3. The molecule has 1 heterocycles. The Bertz CT molecular complexity index is 252. The van der Waals surface area contributed by atoms with Gasteiger partial charge in [-0.3, -0.25) is 0 Å². The van der Waals surface area contributed by atoms with Crippen LogP contribution in [-0.4, -0.2) is 30.2 Å². The summed E-state index contributed by atoms with van der Waals surface area (Å²) in [4.78, 5) is 0. The smallest absolute Gasteiger partial charge is 0.0903 e. The second kappa shape index (κ2) is 3.23. The molecule has 2 unspecified atom stereocenters. The maximum absolute atomic E-state index is 2.53. The lowest BCUT2D eigenvalue weighted by Crippen LogP contribution is -2.52. The van der Waals surface area contributed by atoms with Crippen LogP contribution >= 0.6 is 0 Å². The molecule has 1 saturated heterocycles. The fourth-order valence-electron chi connectivity index (χ4n) is 4.94. The number of fused-ring (bicyclic) bond motifs is 2. The van der Waals surface area contributed by atoms with E-state index in [0.29, 0.717) is 10.8 Å². The highest BCUT2D eigenvalue weighted by molar-refractivity contribution is 4.97. The number of hydrogen-bond acceptors (Lipinski definition) is 0. The molecule has 2 aliphatic rings. The normalized spacial score (nSPS) is 41.8. The average molecular weight is 210 g/mol. The zero-order valence-corrected chi connectivity index (χ0v) is 11.3. The molecule has 1 aliphatic carbocycles. The van der Waals surface area contributed by atoms with Crippen molar-refractivity contribution in [3.05, 3.63) is 0 Å². The van der Waals surface area contributed by atoms with Crippen LogP contribution < -0.4 is 0 Å². The summed E-state index contributed by atoms with van der Waals surface area (Å²) in [6, 6.07) is 0.953. The van der Waals surface area contributed by atoms with E-state index < -0.39 is 0 Å². The summed E-state index contributed by atoms with van der Waals surface area (Å²) in [5, 5.41) is 0. The molecule has 0 aromatic heterocycles. The summed E-state index contributed by atoms with van der Waals surface area (Å²) in [5.41, 5.74) is 1.22. The molecule has 0 aromatic rings. The zero-order valence-electron chi connectivity index (χ0n) is 11.3. The van der Waals surface area contributed by atoms with Crippen molar-refractivity contribution in [2.75, 3.05) is 19.6 Å². The van der Waals surface area contributed by atoms with E-state index in [9.17, 15) is 0 Å². The largest absolute Gasteiger partial charge is 0.321 e. The molecule has 1 aliphatic heterocycles. The van der Waals surface area contributed by atoms with Gasteiger partial charge < -0.3 is 4.48 Å². The Morgan fingerprint density at radius 3 is 2.20 bits per heavy atom. The van der Waals surface area contributed by atoms with Crippen LogP contribution in [0.4, 0.5) is 0 Å². The van der Waals surface area contributed by atoms with Crippen molar-refractivity contribution in [3.63, 3.8) is 0 Å². The van der Waals surface area contributed by atoms with Gasteiger partial charge in [0.05, 0.1) is 25.7 Å². The predicted octanol–water partition coefficient (Wildman–Crippen LogP) is 3.44. The Morgan fingerprint density at radius 2 is 1.67 bits per heavy atom. The van der Waals surface area contributed by atoms with E-state index in [1.54, 1.807) is 0 Å². The van der Waals surface area contributed by atoms with Crippen LogP contribution in [-0.2, 0) is 0 Å². The Morgan fingerprint density at radius 1 is 1.07 bits per heavy atom. The second-order valence-electron chi connectivity index (χ2n) is 7.22. The Kier molecular flexibility index (Phi) is 2.46. The van der Waals surface area contributed by atoms with Gasteiger partial charge in [0.15, 0.2) is 0 Å². The fraction of sp³-hybridized carbons (Fsp3) is 1.00. The fourth-order valence-corrected chi connectivity index (χ4v) is 4.94. The van der Waals surface area contributed by atoms with Crippen LogP contribution in [0.3, 0.4) is 0 Å². The van der Waals surface area contributed by atoms with Gasteiger partial charge in [-0.25, -0.2) is 0 Å². The first-order valence-corrected chi connectivity index (χ1v) is 6.71. The maximum Gasteiger partial charge on any atom is 0.0903 e. The highest BCUT2D eigenvalue weighted by atomic mass is 15.4. The number of quaternary nitrogens is 1. The van der Waals surface area contributed by atoms with Crippen molar-refractivity contribution in [3.8, 4) is 0 Å². The van der Waals surface area contributed by atoms with Crippen molar-refractivity contribution < 1.29 is 4.48 Å². The van der Waals surface area contributed by atoms with Gasteiger partial charge in [-0.15, -0.1) is 0 Å². The molecule has 2 rings (SSSR count). The first kappa shape index (κ1) is 11.4. The molecular formula is C14H28N+. The molecule has 88 valence electrons. The van der Waals surface area contributed by atoms with Gasteiger partial charge in [0.25, 0.3) is 0 Å². The Labute approximate surface area is 95.4 Å². The molecule has 0 radical (unpaired) electrons. The average Bonchev–Trinajstić information content (AvgIpc) is 2.32. The lowest BCUT2D eigenvalue weighted by Gasteiger charge is -2.41. The first-order valence-electron chi connectivity index (χ1n) is 6.71. The van der Waals surface area contributed by atoms with E-state index in [2.05, 4.69) is 34.6 Å². The van der Waals surface area contributed by atoms with Crippen LogP contribution in [0.5, 0.6) is 0 Å². The van der Waals surface area contributed by atoms with E-state index in [1.165, 1.54) is 43.4 Å². The standard InChI is InChI=1S/C14H28N/c1-6-15(7-2)11-14(5)9-12(15)8-13(3,4)10-14/h12H,6-11H2,1-5H3/q+1. The molecule has 2 fully saturated rings. The van der Waals surface area contributed by atoms with Crippen molar-refractivity contribution in [1.82, 2.24) is 0 Å². The minimum Gasteiger partial charge on any atom is -0.321 e. The Balaban J connectivity index is 2.30. The summed E-state index contributed by atoms with van der Waals surface area (Å²) >= 11 is 0. The maximum atomic E-state index is 2.53. The molecule has 1 nitrogen and oxygen atoms in total. The van der Waals surface area contributed by atoms with Crippen LogP contribution in [0.2, 0.25) is 0 Å². The van der Waals surface area contributed by atoms with Gasteiger partial charge in [0.1, 0.15) is 0 Å². The van der Waals surface area contributed by atoms with Crippen molar-refractivity contribution in [2.24, 2.45) is 10.8 Å². The number of nitrogens with zero attached hydrogens (tertiary/aromatic N) is 1. The van der Waals surface area contributed by atoms with Gasteiger partial charge in [0.2, 0.25) is 0 Å². The topological polar surface area (TPSA) is 0 Å². The molecule has 0 spiro atoms. The third-order valence-electron chi connectivity index (χ3n) is 5.15. The van der Waals surface area contributed by atoms with E-state index in [1.807, 2.05) is 0 Å². The third kappa shape index (κ3) is 1.73. The van der Waals surface area contributed by atoms with Gasteiger partial charge in [-0.05, 0) is 25.7 Å². The second-order valence-corrected chi connectivity index (χ2v) is 7.22. The van der Waals surface area contributed by atoms with E-state index in [-0.39, 0.29) is 0 Å². The highest BCUT2D eigenvalue weighted by Crippen LogP contribution is 2.55. The van der Waals surface area contributed by atoms with Crippen LogP contribution in [0.1, 0.15) is 53.9 Å². The molecule has 2 bridgehead atoms. The van der Waals surface area contributed by atoms with Crippen LogP contribution in [0.15, 0.2) is 0 Å². The van der Waals surface area contributed by atoms with Gasteiger partial charge in [-0.1, -0.05) is 20.8 Å². The minimum atomic E-state index is 0.585. The van der Waals surface area contributed by atoms with Crippen LogP contribution in [0, 0.1) is 10.8 Å². The molecule has 0 N–H and O–H groups in total. The van der Waals surface area contributed by atoms with E-state index in [0.717, 1.165) is 6.04 Å². The lowest BCUT2D eigenvalue weighted by molar-refractivity contribution is -0.938. The highest BCUT2D eigenvalue weighted by Gasteiger charge is 2.57. The SMILES string of the molecule is CC[N+]1(CC)CC2(C)CC1CC(C)(C)C2. The summed E-state index contributed by atoms with van der Waals surface area (Å²) in [5.74, 6) is 0. The van der Waals surface area contributed by atoms with Crippen molar-refractivity contribution >= 4 is 0 Å². The molecule has 1 saturated carbocycles. The third-order valence-corrected chi connectivity index (χ3v) is 5.15. The predicted molar refractivity (Wildman–Crippen MR) is 65.7 cm³/mol. The molecule has 0 aromatic carbocycles. The van der Waals surface area contributed by atoms with Crippen molar-refractivity contribution in [1.29, 1.82) is 0 Å². The van der Waals surface area contributed by atoms with E-state index >= 15 is 0 Å². The van der Waals surface area contributed by atoms with Gasteiger partial charge in [-0.2, -0.15) is 0 Å². The number of likely N-dealkylation sites (tertiary alicyclic amines) is 1. The molecular weight excluding hydrogens is 182 g/mol. The summed E-state index contributed by atoms with van der Waals surface area (Å²) in [6.07, 6.45) is 4.37. The van der Waals surface area contributed by atoms with E-state index in [4.69, 9.17) is 0 Å². The molecule has 2 atom stereocenters. The quantitative estimate of drug-likeness (QED) is 0.612. The molecule has 1 heteroatoms. The monoisotopic (exact) mass is 210 g/mol. The first-order chi connectivity index (χ1) is 6.85. The van der Waals surface area contributed by atoms with Crippen molar-refractivity contribution in [2.45, 2.75) is 59.9 Å². The lowest BCUT2D eigenvalue weighted by atomic mass is 9.65. The van der Waals surface area contributed by atoms with Gasteiger partial charge >= 0.3 is 0 Å². The Hall–Kier alpha value is -0.0400.